The second-order valence-corrected chi connectivity index (χ2v) is 7.36. The smallest absolute Gasteiger partial charge is 0.0417 e. The molecule has 0 aliphatic heterocycles. The van der Waals surface area contributed by atoms with Crippen LogP contribution in [-0.2, 0) is 5.41 Å². The molecule has 0 aromatic carbocycles. The van der Waals surface area contributed by atoms with E-state index in [1.165, 1.54) is 29.0 Å². The summed E-state index contributed by atoms with van der Waals surface area (Å²) in [5.74, 6) is 0.985. The molecule has 1 saturated carbocycles. The molecule has 17 heavy (non-hydrogen) atoms. The summed E-state index contributed by atoms with van der Waals surface area (Å²) in [6.07, 6.45) is 4.22. The minimum absolute atomic E-state index is 0.291. The second-order valence-electron chi connectivity index (χ2n) is 6.24. The van der Waals surface area contributed by atoms with Crippen LogP contribution in [-0.4, -0.2) is 6.54 Å². The first-order valence-corrected chi connectivity index (χ1v) is 7.66. The highest BCUT2D eigenvalue weighted by molar-refractivity contribution is 7.12. The number of hydrogen-bond donors (Lipinski definition) is 1. The normalized spacial score (nSPS) is 18.4. The van der Waals surface area contributed by atoms with Crippen molar-refractivity contribution in [2.45, 2.75) is 58.4 Å². The zero-order valence-corrected chi connectivity index (χ0v) is 12.4. The SMILES string of the molecule is CCNC(CC1CC1)c1ccc(C(C)(C)C)s1. The molecule has 96 valence electrons. The Morgan fingerprint density at radius 2 is 2.06 bits per heavy atom. The number of thiophene rings is 1. The van der Waals surface area contributed by atoms with Crippen LogP contribution in [0.2, 0.25) is 0 Å². The Balaban J connectivity index is 2.08. The van der Waals surface area contributed by atoms with Gasteiger partial charge in [0.2, 0.25) is 0 Å². The van der Waals surface area contributed by atoms with E-state index in [1.807, 2.05) is 11.3 Å². The number of hydrogen-bond acceptors (Lipinski definition) is 2. The Morgan fingerprint density at radius 3 is 2.53 bits per heavy atom. The van der Waals surface area contributed by atoms with Gasteiger partial charge in [-0.05, 0) is 36.4 Å². The minimum atomic E-state index is 0.291. The monoisotopic (exact) mass is 251 g/mol. The zero-order chi connectivity index (χ0) is 12.5. The van der Waals surface area contributed by atoms with Crippen LogP contribution < -0.4 is 5.32 Å². The van der Waals surface area contributed by atoms with E-state index < -0.39 is 0 Å². The van der Waals surface area contributed by atoms with Crippen LogP contribution in [0.3, 0.4) is 0 Å². The van der Waals surface area contributed by atoms with E-state index in [4.69, 9.17) is 0 Å². The Bertz CT molecular complexity index is 357. The van der Waals surface area contributed by atoms with Crippen molar-refractivity contribution in [1.29, 1.82) is 0 Å². The quantitative estimate of drug-likeness (QED) is 0.812. The molecule has 1 nitrogen and oxygen atoms in total. The fourth-order valence-electron chi connectivity index (χ4n) is 2.18. The lowest BCUT2D eigenvalue weighted by Crippen LogP contribution is -2.20. The molecule has 1 unspecified atom stereocenters. The van der Waals surface area contributed by atoms with Crippen LogP contribution in [0.1, 0.15) is 62.8 Å². The Morgan fingerprint density at radius 1 is 1.35 bits per heavy atom. The van der Waals surface area contributed by atoms with Crippen molar-refractivity contribution in [3.05, 3.63) is 21.9 Å². The minimum Gasteiger partial charge on any atom is -0.310 e. The van der Waals surface area contributed by atoms with E-state index >= 15 is 0 Å². The van der Waals surface area contributed by atoms with Crippen LogP contribution in [0.15, 0.2) is 12.1 Å². The molecule has 1 atom stereocenters. The molecule has 1 aromatic heterocycles. The van der Waals surface area contributed by atoms with E-state index in [1.54, 1.807) is 0 Å². The van der Waals surface area contributed by atoms with E-state index in [0.717, 1.165) is 12.5 Å². The zero-order valence-electron chi connectivity index (χ0n) is 11.5. The first-order valence-electron chi connectivity index (χ1n) is 6.84. The molecular formula is C15H25NS. The van der Waals surface area contributed by atoms with Crippen LogP contribution in [0.5, 0.6) is 0 Å². The van der Waals surface area contributed by atoms with Crippen molar-refractivity contribution >= 4 is 11.3 Å². The highest BCUT2D eigenvalue weighted by Gasteiger charge is 2.27. The molecule has 0 spiro atoms. The fourth-order valence-corrected chi connectivity index (χ4v) is 3.33. The molecule has 2 heteroatoms. The third-order valence-electron chi connectivity index (χ3n) is 3.43. The molecule has 1 aliphatic carbocycles. The van der Waals surface area contributed by atoms with Crippen molar-refractivity contribution < 1.29 is 0 Å². The van der Waals surface area contributed by atoms with Gasteiger partial charge in [0.1, 0.15) is 0 Å². The summed E-state index contributed by atoms with van der Waals surface area (Å²) in [7, 11) is 0. The highest BCUT2D eigenvalue weighted by atomic mass is 32.1. The third-order valence-corrected chi connectivity index (χ3v) is 5.05. The van der Waals surface area contributed by atoms with Gasteiger partial charge in [-0.25, -0.2) is 0 Å². The molecular weight excluding hydrogens is 226 g/mol. The maximum atomic E-state index is 3.65. The second kappa shape index (κ2) is 5.11. The van der Waals surface area contributed by atoms with Gasteiger partial charge >= 0.3 is 0 Å². The van der Waals surface area contributed by atoms with Crippen molar-refractivity contribution in [3.8, 4) is 0 Å². The molecule has 1 aliphatic rings. The molecule has 0 saturated heterocycles. The van der Waals surface area contributed by atoms with E-state index in [9.17, 15) is 0 Å². The first-order chi connectivity index (χ1) is 8.00. The molecule has 1 heterocycles. The summed E-state index contributed by atoms with van der Waals surface area (Å²) in [5.41, 5.74) is 0.291. The van der Waals surface area contributed by atoms with Crippen LogP contribution >= 0.6 is 11.3 Å². The maximum absolute atomic E-state index is 3.65. The van der Waals surface area contributed by atoms with Gasteiger partial charge in [-0.1, -0.05) is 40.5 Å². The number of rotatable bonds is 5. The van der Waals surface area contributed by atoms with Crippen LogP contribution in [0.25, 0.3) is 0 Å². The molecule has 1 fully saturated rings. The first kappa shape index (κ1) is 13.1. The topological polar surface area (TPSA) is 12.0 Å². The predicted octanol–water partition coefficient (Wildman–Crippen LogP) is 4.50. The van der Waals surface area contributed by atoms with Gasteiger partial charge in [0, 0.05) is 15.8 Å². The Kier molecular flexibility index (Phi) is 3.94. The van der Waals surface area contributed by atoms with Gasteiger partial charge in [-0.15, -0.1) is 11.3 Å². The van der Waals surface area contributed by atoms with Gasteiger partial charge in [0.05, 0.1) is 0 Å². The lowest BCUT2D eigenvalue weighted by atomic mass is 9.95. The van der Waals surface area contributed by atoms with Crippen LogP contribution in [0.4, 0.5) is 0 Å². The standard InChI is InChI=1S/C15H25NS/c1-5-16-12(10-11-6-7-11)13-8-9-14(17-13)15(2,3)4/h8-9,11-12,16H,5-7,10H2,1-4H3. The molecule has 1 aromatic rings. The lowest BCUT2D eigenvalue weighted by Gasteiger charge is -2.18. The van der Waals surface area contributed by atoms with Gasteiger partial charge < -0.3 is 5.32 Å². The summed E-state index contributed by atoms with van der Waals surface area (Å²) in [5, 5.41) is 3.65. The van der Waals surface area contributed by atoms with Gasteiger partial charge in [0.15, 0.2) is 0 Å². The fraction of sp³-hybridized carbons (Fsp3) is 0.733. The summed E-state index contributed by atoms with van der Waals surface area (Å²) in [4.78, 5) is 3.04. The largest absolute Gasteiger partial charge is 0.310 e. The van der Waals surface area contributed by atoms with Crippen LogP contribution in [0, 0.1) is 5.92 Å². The average Bonchev–Trinajstić information content (AvgIpc) is 2.91. The van der Waals surface area contributed by atoms with E-state index in [2.05, 4.69) is 45.1 Å². The molecule has 0 radical (unpaired) electrons. The number of nitrogens with one attached hydrogen (secondary N) is 1. The predicted molar refractivity (Wildman–Crippen MR) is 76.8 cm³/mol. The van der Waals surface area contributed by atoms with Crippen molar-refractivity contribution in [2.75, 3.05) is 6.54 Å². The van der Waals surface area contributed by atoms with E-state index in [-0.39, 0.29) is 0 Å². The molecule has 2 rings (SSSR count). The highest BCUT2D eigenvalue weighted by Crippen LogP contribution is 2.40. The Hall–Kier alpha value is -0.340. The Labute approximate surface area is 110 Å². The lowest BCUT2D eigenvalue weighted by molar-refractivity contribution is 0.493. The maximum Gasteiger partial charge on any atom is 0.0417 e. The van der Waals surface area contributed by atoms with Crippen molar-refractivity contribution in [2.24, 2.45) is 5.92 Å². The summed E-state index contributed by atoms with van der Waals surface area (Å²) in [6, 6.07) is 5.24. The summed E-state index contributed by atoms with van der Waals surface area (Å²) >= 11 is 2.00. The van der Waals surface area contributed by atoms with Crippen molar-refractivity contribution in [3.63, 3.8) is 0 Å². The molecule has 0 amide bonds. The third kappa shape index (κ3) is 3.56. The summed E-state index contributed by atoms with van der Waals surface area (Å²) < 4.78 is 0. The van der Waals surface area contributed by atoms with E-state index in [0.29, 0.717) is 11.5 Å². The van der Waals surface area contributed by atoms with Gasteiger partial charge in [0.25, 0.3) is 0 Å². The van der Waals surface area contributed by atoms with Gasteiger partial charge in [-0.2, -0.15) is 0 Å². The average molecular weight is 251 g/mol. The summed E-state index contributed by atoms with van der Waals surface area (Å²) in [6.45, 7) is 10.2. The molecule has 0 bridgehead atoms. The van der Waals surface area contributed by atoms with Crippen molar-refractivity contribution in [1.82, 2.24) is 5.32 Å². The molecule has 1 N–H and O–H groups in total. The van der Waals surface area contributed by atoms with Gasteiger partial charge in [-0.3, -0.25) is 0 Å².